The number of rotatable bonds is 6. The molecular formula is C18H29N5O2. The molecule has 1 aromatic rings. The lowest BCUT2D eigenvalue weighted by atomic mass is 9.98. The van der Waals surface area contributed by atoms with Crippen LogP contribution in [-0.2, 0) is 9.53 Å². The van der Waals surface area contributed by atoms with E-state index in [4.69, 9.17) is 4.74 Å². The van der Waals surface area contributed by atoms with Crippen LogP contribution < -0.4 is 5.32 Å². The molecule has 0 saturated carbocycles. The summed E-state index contributed by atoms with van der Waals surface area (Å²) in [6.45, 7) is 9.20. The number of anilines is 1. The molecule has 3 heterocycles. The van der Waals surface area contributed by atoms with E-state index in [1.807, 2.05) is 17.9 Å². The highest BCUT2D eigenvalue weighted by Crippen LogP contribution is 2.24. The second-order valence-corrected chi connectivity index (χ2v) is 6.98. The van der Waals surface area contributed by atoms with E-state index in [1.54, 1.807) is 6.20 Å². The highest BCUT2D eigenvalue weighted by Gasteiger charge is 2.34. The highest BCUT2D eigenvalue weighted by molar-refractivity contribution is 5.78. The molecule has 7 heteroatoms. The zero-order valence-corrected chi connectivity index (χ0v) is 15.3. The van der Waals surface area contributed by atoms with Crippen LogP contribution in [0.2, 0.25) is 0 Å². The van der Waals surface area contributed by atoms with Gasteiger partial charge in [-0.15, -0.1) is 0 Å². The number of nitrogens with zero attached hydrogens (tertiary/aromatic N) is 4. The van der Waals surface area contributed by atoms with E-state index >= 15 is 0 Å². The van der Waals surface area contributed by atoms with Gasteiger partial charge in [-0.3, -0.25) is 9.69 Å². The summed E-state index contributed by atoms with van der Waals surface area (Å²) in [5.41, 5.74) is 0. The number of carbonyl (C=O) groups is 1. The van der Waals surface area contributed by atoms with Crippen molar-refractivity contribution in [3.63, 3.8) is 0 Å². The minimum atomic E-state index is 0.220. The third kappa shape index (κ3) is 4.89. The van der Waals surface area contributed by atoms with Crippen LogP contribution in [0.25, 0.3) is 0 Å². The first-order valence-corrected chi connectivity index (χ1v) is 9.29. The van der Waals surface area contributed by atoms with Gasteiger partial charge in [-0.05, 0) is 25.3 Å². The molecule has 2 aliphatic heterocycles. The molecule has 2 fully saturated rings. The first kappa shape index (κ1) is 18.1. The molecule has 3 rings (SSSR count). The van der Waals surface area contributed by atoms with Gasteiger partial charge in [0, 0.05) is 38.4 Å². The Kier molecular flexibility index (Phi) is 6.20. The third-order valence-corrected chi connectivity index (χ3v) is 5.01. The first-order valence-electron chi connectivity index (χ1n) is 9.29. The van der Waals surface area contributed by atoms with E-state index in [0.717, 1.165) is 37.6 Å². The Morgan fingerprint density at radius 2 is 2.16 bits per heavy atom. The molecule has 0 radical (unpaired) electrons. The average molecular weight is 347 g/mol. The van der Waals surface area contributed by atoms with E-state index in [1.165, 1.54) is 0 Å². The Hall–Kier alpha value is -1.73. The number of morpholine rings is 1. The number of ether oxygens (including phenoxy) is 1. The van der Waals surface area contributed by atoms with Crippen molar-refractivity contribution >= 4 is 11.7 Å². The predicted molar refractivity (Wildman–Crippen MR) is 96.4 cm³/mol. The molecule has 0 unspecified atom stereocenters. The zero-order chi connectivity index (χ0) is 17.6. The quantitative estimate of drug-likeness (QED) is 0.833. The maximum absolute atomic E-state index is 12.5. The van der Waals surface area contributed by atoms with Crippen LogP contribution in [0.5, 0.6) is 0 Å². The van der Waals surface area contributed by atoms with E-state index in [0.29, 0.717) is 44.8 Å². The monoisotopic (exact) mass is 347 g/mol. The number of hydrogen-bond acceptors (Lipinski definition) is 6. The molecule has 2 aliphatic rings. The van der Waals surface area contributed by atoms with E-state index < -0.39 is 0 Å². The lowest BCUT2D eigenvalue weighted by molar-refractivity contribution is -0.136. The minimum absolute atomic E-state index is 0.220. The summed E-state index contributed by atoms with van der Waals surface area (Å²) in [6, 6.07) is 2.24. The fourth-order valence-electron chi connectivity index (χ4n) is 3.75. The molecule has 0 aromatic carbocycles. The largest absolute Gasteiger partial charge is 0.378 e. The molecule has 0 aliphatic carbocycles. The number of aromatic nitrogens is 2. The topological polar surface area (TPSA) is 70.6 Å². The van der Waals surface area contributed by atoms with Gasteiger partial charge >= 0.3 is 0 Å². The summed E-state index contributed by atoms with van der Waals surface area (Å²) in [7, 11) is 0. The van der Waals surface area contributed by atoms with Gasteiger partial charge in [0.1, 0.15) is 11.6 Å². The van der Waals surface area contributed by atoms with Gasteiger partial charge in [-0.25, -0.2) is 9.97 Å². The van der Waals surface area contributed by atoms with Crippen LogP contribution >= 0.6 is 0 Å². The van der Waals surface area contributed by atoms with E-state index in [-0.39, 0.29) is 5.91 Å². The van der Waals surface area contributed by atoms with Gasteiger partial charge in [0.25, 0.3) is 0 Å². The van der Waals surface area contributed by atoms with Crippen molar-refractivity contribution in [1.29, 1.82) is 0 Å². The van der Waals surface area contributed by atoms with Crippen LogP contribution in [0.3, 0.4) is 0 Å². The molecule has 2 atom stereocenters. The summed E-state index contributed by atoms with van der Waals surface area (Å²) in [6.07, 6.45) is 4.09. The molecule has 2 saturated heterocycles. The van der Waals surface area contributed by atoms with Crippen LogP contribution in [0.4, 0.5) is 5.82 Å². The number of aryl methyl sites for hydroxylation is 1. The summed E-state index contributed by atoms with van der Waals surface area (Å²) >= 11 is 0. The van der Waals surface area contributed by atoms with Crippen LogP contribution in [0.15, 0.2) is 12.3 Å². The van der Waals surface area contributed by atoms with Crippen LogP contribution in [0.1, 0.15) is 25.6 Å². The highest BCUT2D eigenvalue weighted by atomic mass is 16.5. The van der Waals surface area contributed by atoms with Crippen LogP contribution in [-0.4, -0.2) is 77.7 Å². The molecule has 1 N–H and O–H groups in total. The van der Waals surface area contributed by atoms with Crippen molar-refractivity contribution in [3.8, 4) is 0 Å². The second-order valence-electron chi connectivity index (χ2n) is 6.98. The zero-order valence-electron chi connectivity index (χ0n) is 15.3. The van der Waals surface area contributed by atoms with Crippen molar-refractivity contribution in [3.05, 3.63) is 18.1 Å². The average Bonchev–Trinajstić information content (AvgIpc) is 2.97. The Bertz CT molecular complexity index is 576. The maximum Gasteiger partial charge on any atom is 0.236 e. The van der Waals surface area contributed by atoms with Crippen molar-refractivity contribution in [2.75, 3.05) is 51.3 Å². The second kappa shape index (κ2) is 8.58. The van der Waals surface area contributed by atoms with Crippen molar-refractivity contribution < 1.29 is 9.53 Å². The number of likely N-dealkylation sites (tertiary alicyclic amines) is 1. The van der Waals surface area contributed by atoms with Gasteiger partial charge in [-0.2, -0.15) is 0 Å². The van der Waals surface area contributed by atoms with Crippen molar-refractivity contribution in [2.24, 2.45) is 5.92 Å². The number of carbonyl (C=O) groups excluding carboxylic acids is 1. The maximum atomic E-state index is 12.5. The SMILES string of the molecule is CCC[C@@H]1CN(CC(=O)N2CCOCC2)C[C@H]1Nc1ccnc(C)n1. The molecule has 25 heavy (non-hydrogen) atoms. The van der Waals surface area contributed by atoms with Crippen molar-refractivity contribution in [1.82, 2.24) is 19.8 Å². The van der Waals surface area contributed by atoms with Crippen LogP contribution in [0, 0.1) is 12.8 Å². The third-order valence-electron chi connectivity index (χ3n) is 5.01. The Morgan fingerprint density at radius 1 is 1.36 bits per heavy atom. The summed E-state index contributed by atoms with van der Waals surface area (Å²) in [5, 5.41) is 3.56. The number of amides is 1. The molecule has 0 spiro atoms. The lowest BCUT2D eigenvalue weighted by Gasteiger charge is -2.28. The van der Waals surface area contributed by atoms with Gasteiger partial charge < -0.3 is 15.0 Å². The van der Waals surface area contributed by atoms with Gasteiger partial charge in [0.15, 0.2) is 0 Å². The number of nitrogens with one attached hydrogen (secondary N) is 1. The molecule has 7 nitrogen and oxygen atoms in total. The minimum Gasteiger partial charge on any atom is -0.378 e. The molecule has 0 bridgehead atoms. The lowest BCUT2D eigenvalue weighted by Crippen LogP contribution is -2.45. The molecule has 1 aromatic heterocycles. The van der Waals surface area contributed by atoms with Gasteiger partial charge in [-0.1, -0.05) is 13.3 Å². The predicted octanol–water partition coefficient (Wildman–Crippen LogP) is 1.16. The Balaban J connectivity index is 1.58. The number of hydrogen-bond donors (Lipinski definition) is 1. The van der Waals surface area contributed by atoms with Crippen molar-refractivity contribution in [2.45, 2.75) is 32.7 Å². The fourth-order valence-corrected chi connectivity index (χ4v) is 3.75. The molecule has 138 valence electrons. The Morgan fingerprint density at radius 3 is 2.88 bits per heavy atom. The van der Waals surface area contributed by atoms with Gasteiger partial charge in [0.05, 0.1) is 19.8 Å². The standard InChI is InChI=1S/C18H29N5O2/c1-3-4-15-11-22(13-18(24)23-7-9-25-10-8-23)12-16(15)21-17-5-6-19-14(2)20-17/h5-6,15-16H,3-4,7-13H2,1-2H3,(H,19,20,21)/t15-,16-/m1/s1. The Labute approximate surface area is 149 Å². The van der Waals surface area contributed by atoms with E-state index in [9.17, 15) is 4.79 Å². The first-order chi connectivity index (χ1) is 12.2. The fraction of sp³-hybridized carbons (Fsp3) is 0.722. The summed E-state index contributed by atoms with van der Waals surface area (Å²) in [4.78, 5) is 25.3. The normalized spacial score (nSPS) is 24.5. The summed E-state index contributed by atoms with van der Waals surface area (Å²) in [5.74, 6) is 2.41. The van der Waals surface area contributed by atoms with Gasteiger partial charge in [0.2, 0.25) is 5.91 Å². The molecular weight excluding hydrogens is 318 g/mol. The molecule has 1 amide bonds. The summed E-state index contributed by atoms with van der Waals surface area (Å²) < 4.78 is 5.33. The smallest absolute Gasteiger partial charge is 0.236 e. The van der Waals surface area contributed by atoms with E-state index in [2.05, 4.69) is 27.1 Å².